The highest BCUT2D eigenvalue weighted by Crippen LogP contribution is 2.45. The topological polar surface area (TPSA) is 52.2 Å². The molecule has 1 N–H and O–H groups in total. The van der Waals surface area contributed by atoms with Crippen molar-refractivity contribution < 1.29 is 4.79 Å². The predicted octanol–water partition coefficient (Wildman–Crippen LogP) is 3.42. The molecule has 2 fully saturated rings. The molecule has 1 amide bonds. The Morgan fingerprint density at radius 3 is 2.79 bits per heavy atom. The number of nitrogens with zero attached hydrogens (tertiary/aromatic N) is 3. The van der Waals surface area contributed by atoms with Crippen LogP contribution < -0.4 is 0 Å². The van der Waals surface area contributed by atoms with Crippen molar-refractivity contribution in [2.24, 2.45) is 5.92 Å². The molecule has 148 valence electrons. The number of aromatic nitrogens is 2. The fourth-order valence-corrected chi connectivity index (χ4v) is 5.62. The van der Waals surface area contributed by atoms with Crippen LogP contribution in [0, 0.1) is 5.92 Å². The van der Waals surface area contributed by atoms with Crippen LogP contribution in [-0.4, -0.2) is 51.6 Å². The van der Waals surface area contributed by atoms with E-state index in [4.69, 9.17) is 4.98 Å². The van der Waals surface area contributed by atoms with Crippen molar-refractivity contribution in [3.05, 3.63) is 47.5 Å². The molecule has 1 saturated heterocycles. The second-order valence-corrected chi connectivity index (χ2v) is 9.21. The molecule has 3 heterocycles. The van der Waals surface area contributed by atoms with Gasteiger partial charge in [-0.3, -0.25) is 9.69 Å². The van der Waals surface area contributed by atoms with Gasteiger partial charge in [0.05, 0.1) is 17.6 Å². The minimum atomic E-state index is -0.206. The summed E-state index contributed by atoms with van der Waals surface area (Å²) < 4.78 is 0. The van der Waals surface area contributed by atoms with Crippen molar-refractivity contribution in [2.45, 2.75) is 49.1 Å². The smallest absolute Gasteiger partial charge is 0.226 e. The zero-order chi connectivity index (χ0) is 19.1. The van der Waals surface area contributed by atoms with Crippen LogP contribution in [0.1, 0.15) is 42.6 Å². The molecule has 0 atom stereocenters. The van der Waals surface area contributed by atoms with Crippen LogP contribution in [0.2, 0.25) is 0 Å². The predicted molar refractivity (Wildman–Crippen MR) is 111 cm³/mol. The summed E-state index contributed by atoms with van der Waals surface area (Å²) in [5.41, 5.74) is 3.57. The van der Waals surface area contributed by atoms with Gasteiger partial charge in [0, 0.05) is 49.1 Å². The molecule has 5 rings (SSSR count). The minimum Gasteiger partial charge on any atom is -0.348 e. The zero-order valence-corrected chi connectivity index (χ0v) is 17.3. The van der Waals surface area contributed by atoms with Gasteiger partial charge in [0.15, 0.2) is 0 Å². The molecule has 0 radical (unpaired) electrons. The average Bonchev–Trinajstić information content (AvgIpc) is 3.47. The number of benzene rings is 1. The first-order chi connectivity index (χ1) is 13.7. The SMILES string of the molecule is CSc1ccccc1CN1CCC2(CC1)c1nc[nH]c1CCN2C(=O)C1CC1. The Morgan fingerprint density at radius 2 is 2.04 bits per heavy atom. The number of thioether (sulfide) groups is 1. The highest BCUT2D eigenvalue weighted by atomic mass is 32.2. The van der Waals surface area contributed by atoms with Gasteiger partial charge in [-0.2, -0.15) is 0 Å². The van der Waals surface area contributed by atoms with Gasteiger partial charge in [0.25, 0.3) is 0 Å². The largest absolute Gasteiger partial charge is 0.348 e. The number of fused-ring (bicyclic) bond motifs is 2. The molecule has 1 aromatic carbocycles. The molecule has 0 unspecified atom stereocenters. The van der Waals surface area contributed by atoms with Crippen LogP contribution in [0.3, 0.4) is 0 Å². The first-order valence-corrected chi connectivity index (χ1v) is 11.6. The van der Waals surface area contributed by atoms with E-state index >= 15 is 0 Å². The molecule has 3 aliphatic rings. The lowest BCUT2D eigenvalue weighted by molar-refractivity contribution is -0.143. The Labute approximate surface area is 170 Å². The number of amides is 1. The van der Waals surface area contributed by atoms with Crippen LogP contribution in [0.15, 0.2) is 35.5 Å². The number of rotatable bonds is 4. The molecule has 28 heavy (non-hydrogen) atoms. The van der Waals surface area contributed by atoms with E-state index in [1.54, 1.807) is 0 Å². The maximum atomic E-state index is 13.1. The molecule has 5 nitrogen and oxygen atoms in total. The summed E-state index contributed by atoms with van der Waals surface area (Å²) in [5, 5.41) is 0. The molecule has 6 heteroatoms. The molecule has 0 bridgehead atoms. The number of likely N-dealkylation sites (tertiary alicyclic amines) is 1. The second-order valence-electron chi connectivity index (χ2n) is 8.36. The third-order valence-electron chi connectivity index (χ3n) is 6.72. The van der Waals surface area contributed by atoms with E-state index in [9.17, 15) is 4.79 Å². The summed E-state index contributed by atoms with van der Waals surface area (Å²) in [6.45, 7) is 3.82. The van der Waals surface area contributed by atoms with Gasteiger partial charge >= 0.3 is 0 Å². The quantitative estimate of drug-likeness (QED) is 0.805. The molecule has 1 aromatic heterocycles. The highest BCUT2D eigenvalue weighted by Gasteiger charge is 2.50. The van der Waals surface area contributed by atoms with Crippen LogP contribution in [-0.2, 0) is 23.3 Å². The summed E-state index contributed by atoms with van der Waals surface area (Å²) in [4.78, 5) is 27.3. The summed E-state index contributed by atoms with van der Waals surface area (Å²) in [7, 11) is 0. The van der Waals surface area contributed by atoms with E-state index in [2.05, 4.69) is 45.3 Å². The first-order valence-electron chi connectivity index (χ1n) is 10.4. The van der Waals surface area contributed by atoms with Gasteiger partial charge < -0.3 is 9.88 Å². The lowest BCUT2D eigenvalue weighted by Crippen LogP contribution is -2.58. The van der Waals surface area contributed by atoms with Crippen LogP contribution in [0.25, 0.3) is 0 Å². The van der Waals surface area contributed by atoms with Gasteiger partial charge in [0.2, 0.25) is 5.91 Å². The zero-order valence-electron chi connectivity index (χ0n) is 16.5. The van der Waals surface area contributed by atoms with Crippen molar-refractivity contribution in [3.63, 3.8) is 0 Å². The fourth-order valence-electron chi connectivity index (χ4n) is 5.01. The molecule has 2 aliphatic heterocycles. The molecule has 1 aliphatic carbocycles. The number of carbonyl (C=O) groups excluding carboxylic acids is 1. The van der Waals surface area contributed by atoms with Crippen molar-refractivity contribution in [1.29, 1.82) is 0 Å². The molecular weight excluding hydrogens is 368 g/mol. The number of hydrogen-bond donors (Lipinski definition) is 1. The van der Waals surface area contributed by atoms with Gasteiger partial charge in [-0.05, 0) is 43.6 Å². The average molecular weight is 397 g/mol. The van der Waals surface area contributed by atoms with Crippen molar-refractivity contribution in [1.82, 2.24) is 19.8 Å². The van der Waals surface area contributed by atoms with Crippen molar-refractivity contribution >= 4 is 17.7 Å². The Hall–Kier alpha value is -1.79. The molecule has 1 saturated carbocycles. The van der Waals surface area contributed by atoms with E-state index < -0.39 is 0 Å². The lowest BCUT2D eigenvalue weighted by Gasteiger charge is -2.50. The third kappa shape index (κ3) is 3.07. The van der Waals surface area contributed by atoms with Crippen LogP contribution in [0.5, 0.6) is 0 Å². The molecular formula is C22H28N4OS. The standard InChI is InChI=1S/C22H28N4OS/c1-28-19-5-3-2-4-17(19)14-25-12-9-22(10-13-25)20-18(23-15-24-20)8-11-26(22)21(27)16-6-7-16/h2-5,15-16H,6-14H2,1H3,(H,23,24). The Morgan fingerprint density at radius 1 is 1.25 bits per heavy atom. The Balaban J connectivity index is 1.37. The molecule has 1 spiro atoms. The van der Waals surface area contributed by atoms with Crippen molar-refractivity contribution in [3.8, 4) is 0 Å². The third-order valence-corrected chi connectivity index (χ3v) is 7.56. The van der Waals surface area contributed by atoms with E-state index in [1.807, 2.05) is 18.1 Å². The lowest BCUT2D eigenvalue weighted by atomic mass is 9.78. The van der Waals surface area contributed by atoms with Gasteiger partial charge in [0.1, 0.15) is 0 Å². The van der Waals surface area contributed by atoms with Crippen molar-refractivity contribution in [2.75, 3.05) is 25.9 Å². The van der Waals surface area contributed by atoms with E-state index in [0.717, 1.165) is 64.0 Å². The monoisotopic (exact) mass is 396 g/mol. The summed E-state index contributed by atoms with van der Waals surface area (Å²) in [5.74, 6) is 0.638. The number of carbonyl (C=O) groups is 1. The number of aromatic amines is 1. The number of piperidine rings is 1. The van der Waals surface area contributed by atoms with Gasteiger partial charge in [-0.15, -0.1) is 11.8 Å². The van der Waals surface area contributed by atoms with E-state index in [-0.39, 0.29) is 11.5 Å². The number of hydrogen-bond acceptors (Lipinski definition) is 4. The summed E-state index contributed by atoms with van der Waals surface area (Å²) in [6, 6.07) is 8.70. The Kier molecular flexibility index (Phi) is 4.71. The highest BCUT2D eigenvalue weighted by molar-refractivity contribution is 7.98. The van der Waals surface area contributed by atoms with Crippen LogP contribution >= 0.6 is 11.8 Å². The summed E-state index contributed by atoms with van der Waals surface area (Å²) in [6.07, 6.45) is 8.95. The number of H-pyrrole nitrogens is 1. The molecule has 2 aromatic rings. The number of imidazole rings is 1. The first kappa shape index (κ1) is 18.3. The minimum absolute atomic E-state index is 0.206. The van der Waals surface area contributed by atoms with Crippen LogP contribution in [0.4, 0.5) is 0 Å². The second kappa shape index (κ2) is 7.23. The van der Waals surface area contributed by atoms with E-state index in [0.29, 0.717) is 5.91 Å². The normalized spacial score (nSPS) is 21.7. The Bertz CT molecular complexity index is 867. The van der Waals surface area contributed by atoms with Gasteiger partial charge in [-0.1, -0.05) is 18.2 Å². The summed E-state index contributed by atoms with van der Waals surface area (Å²) >= 11 is 1.82. The fraction of sp³-hybridized carbons (Fsp3) is 0.545. The van der Waals surface area contributed by atoms with Gasteiger partial charge in [-0.25, -0.2) is 4.98 Å². The maximum absolute atomic E-state index is 13.1. The maximum Gasteiger partial charge on any atom is 0.226 e. The number of nitrogens with one attached hydrogen (secondary N) is 1. The van der Waals surface area contributed by atoms with E-state index in [1.165, 1.54) is 16.2 Å².